The molecule has 2 aromatic heterocycles. The maximum Gasteiger partial charge on any atom is 0.341 e. The first-order valence-corrected chi connectivity index (χ1v) is 9.72. The monoisotopic (exact) mass is 363 g/mol. The number of hydrogen-bond donors (Lipinski definition) is 0. The normalized spacial score (nSPS) is 14.7. The lowest BCUT2D eigenvalue weighted by molar-refractivity contribution is 0.0526. The van der Waals surface area contributed by atoms with E-state index in [4.69, 9.17) is 14.7 Å². The number of aryl methyl sites for hydroxylation is 2. The van der Waals surface area contributed by atoms with Gasteiger partial charge in [0, 0.05) is 35.8 Å². The third-order valence-electron chi connectivity index (χ3n) is 5.28. The Labute approximate surface area is 159 Å². The number of pyridine rings is 2. The Kier molecular flexibility index (Phi) is 4.68. The highest BCUT2D eigenvalue weighted by Gasteiger charge is 2.25. The van der Waals surface area contributed by atoms with Crippen molar-refractivity contribution in [1.82, 2.24) is 9.97 Å². The molecule has 0 spiro atoms. The van der Waals surface area contributed by atoms with Gasteiger partial charge in [-0.1, -0.05) is 11.6 Å². The molecule has 1 fully saturated rings. The van der Waals surface area contributed by atoms with E-state index < -0.39 is 0 Å². The molecule has 0 N–H and O–H groups in total. The average molecular weight is 363 g/mol. The number of piperidine rings is 1. The van der Waals surface area contributed by atoms with Crippen molar-refractivity contribution in [3.63, 3.8) is 0 Å². The van der Waals surface area contributed by atoms with Gasteiger partial charge in [-0.3, -0.25) is 9.97 Å². The van der Waals surface area contributed by atoms with Crippen LogP contribution in [0.2, 0.25) is 0 Å². The molecule has 0 bridgehead atoms. The molecule has 5 nitrogen and oxygen atoms in total. The van der Waals surface area contributed by atoms with Crippen molar-refractivity contribution in [3.8, 4) is 0 Å². The quantitative estimate of drug-likeness (QED) is 0.504. The fourth-order valence-electron chi connectivity index (χ4n) is 4.03. The predicted molar refractivity (Wildman–Crippen MR) is 109 cm³/mol. The topological polar surface area (TPSA) is 55.3 Å². The molecule has 1 aromatic carbocycles. The standard InChI is InChI=1S/C22H25N3O2/c1-4-27-22(26)17-13-23-20-16-12-14(2)8-9-18(16)24-15(3)19(20)21(17)25-10-6-5-7-11-25/h8-9,12-13H,4-7,10-11H2,1-3H3. The van der Waals surface area contributed by atoms with Crippen molar-refractivity contribution in [1.29, 1.82) is 0 Å². The van der Waals surface area contributed by atoms with Crippen molar-refractivity contribution >= 4 is 33.5 Å². The van der Waals surface area contributed by atoms with Crippen LogP contribution in [0.3, 0.4) is 0 Å². The van der Waals surface area contributed by atoms with Gasteiger partial charge in [-0.05, 0) is 52.2 Å². The summed E-state index contributed by atoms with van der Waals surface area (Å²) in [6.45, 7) is 8.14. The van der Waals surface area contributed by atoms with Gasteiger partial charge in [0.15, 0.2) is 0 Å². The number of esters is 1. The van der Waals surface area contributed by atoms with Crippen LogP contribution in [0.15, 0.2) is 24.4 Å². The molecule has 0 aliphatic carbocycles. The minimum absolute atomic E-state index is 0.309. The van der Waals surface area contributed by atoms with Crippen LogP contribution in [0.1, 0.15) is 47.8 Å². The molecule has 0 saturated carbocycles. The summed E-state index contributed by atoms with van der Waals surface area (Å²) < 4.78 is 5.33. The summed E-state index contributed by atoms with van der Waals surface area (Å²) in [5, 5.41) is 2.00. The summed E-state index contributed by atoms with van der Waals surface area (Å²) in [5.74, 6) is -0.309. The molecule has 0 amide bonds. The van der Waals surface area contributed by atoms with Gasteiger partial charge >= 0.3 is 5.97 Å². The first-order valence-electron chi connectivity index (χ1n) is 9.72. The lowest BCUT2D eigenvalue weighted by Gasteiger charge is -2.31. The Hall–Kier alpha value is -2.69. The van der Waals surface area contributed by atoms with Crippen LogP contribution >= 0.6 is 0 Å². The minimum atomic E-state index is -0.309. The largest absolute Gasteiger partial charge is 0.462 e. The highest BCUT2D eigenvalue weighted by Crippen LogP contribution is 2.36. The van der Waals surface area contributed by atoms with Gasteiger partial charge in [-0.15, -0.1) is 0 Å². The van der Waals surface area contributed by atoms with Crippen LogP contribution in [0.5, 0.6) is 0 Å². The zero-order valence-corrected chi connectivity index (χ0v) is 16.2. The highest BCUT2D eigenvalue weighted by atomic mass is 16.5. The summed E-state index contributed by atoms with van der Waals surface area (Å²) in [6, 6.07) is 6.23. The van der Waals surface area contributed by atoms with E-state index in [2.05, 4.69) is 24.0 Å². The van der Waals surface area contributed by atoms with Gasteiger partial charge in [-0.25, -0.2) is 4.79 Å². The molecule has 140 valence electrons. The van der Waals surface area contributed by atoms with Crippen molar-refractivity contribution in [2.75, 3.05) is 24.6 Å². The number of carbonyl (C=O) groups is 1. The average Bonchev–Trinajstić information content (AvgIpc) is 2.68. The maximum atomic E-state index is 12.7. The second-order valence-corrected chi connectivity index (χ2v) is 7.23. The van der Waals surface area contributed by atoms with E-state index in [1.54, 1.807) is 6.20 Å². The number of fused-ring (bicyclic) bond motifs is 3. The molecule has 4 rings (SSSR count). The maximum absolute atomic E-state index is 12.7. The van der Waals surface area contributed by atoms with E-state index in [-0.39, 0.29) is 5.97 Å². The van der Waals surface area contributed by atoms with Gasteiger partial charge in [0.05, 0.1) is 23.3 Å². The Bertz CT molecular complexity index is 1020. The van der Waals surface area contributed by atoms with Crippen LogP contribution in [0.25, 0.3) is 21.8 Å². The zero-order chi connectivity index (χ0) is 19.0. The van der Waals surface area contributed by atoms with Crippen LogP contribution in [0.4, 0.5) is 5.69 Å². The molecule has 5 heteroatoms. The predicted octanol–water partition coefficient (Wildman–Crippen LogP) is 4.57. The second kappa shape index (κ2) is 7.14. The Balaban J connectivity index is 2.06. The first kappa shape index (κ1) is 17.7. The Morgan fingerprint density at radius 2 is 1.96 bits per heavy atom. The van der Waals surface area contributed by atoms with Gasteiger partial charge in [0.2, 0.25) is 0 Å². The summed E-state index contributed by atoms with van der Waals surface area (Å²) in [6.07, 6.45) is 5.18. The van der Waals surface area contributed by atoms with E-state index in [0.29, 0.717) is 12.2 Å². The SMILES string of the molecule is CCOC(=O)c1cnc2c(c(C)nc3ccc(C)cc32)c1N1CCCCC1. The van der Waals surface area contributed by atoms with Gasteiger partial charge in [0.25, 0.3) is 0 Å². The molecule has 1 aliphatic rings. The van der Waals surface area contributed by atoms with E-state index >= 15 is 0 Å². The summed E-state index contributed by atoms with van der Waals surface area (Å²) >= 11 is 0. The van der Waals surface area contributed by atoms with Gasteiger partial charge < -0.3 is 9.64 Å². The number of aromatic nitrogens is 2. The fourth-order valence-corrected chi connectivity index (χ4v) is 4.03. The number of benzene rings is 1. The Morgan fingerprint density at radius 1 is 1.19 bits per heavy atom. The third kappa shape index (κ3) is 3.11. The highest BCUT2D eigenvalue weighted by molar-refractivity contribution is 6.13. The molecule has 0 radical (unpaired) electrons. The van der Waals surface area contributed by atoms with Gasteiger partial charge in [-0.2, -0.15) is 0 Å². The van der Waals surface area contributed by atoms with E-state index in [1.165, 1.54) is 12.0 Å². The minimum Gasteiger partial charge on any atom is -0.462 e. The van der Waals surface area contributed by atoms with Crippen LogP contribution < -0.4 is 4.90 Å². The zero-order valence-electron chi connectivity index (χ0n) is 16.2. The summed E-state index contributed by atoms with van der Waals surface area (Å²) in [5.41, 5.74) is 5.40. The van der Waals surface area contributed by atoms with E-state index in [9.17, 15) is 4.79 Å². The fraction of sp³-hybridized carbons (Fsp3) is 0.409. The Morgan fingerprint density at radius 3 is 2.70 bits per heavy atom. The van der Waals surface area contributed by atoms with E-state index in [0.717, 1.165) is 59.1 Å². The molecule has 3 heterocycles. The van der Waals surface area contributed by atoms with Gasteiger partial charge in [0.1, 0.15) is 5.56 Å². The number of ether oxygens (including phenoxy) is 1. The third-order valence-corrected chi connectivity index (χ3v) is 5.28. The number of nitrogens with zero attached hydrogens (tertiary/aromatic N) is 3. The molecule has 0 unspecified atom stereocenters. The molecule has 1 saturated heterocycles. The van der Waals surface area contributed by atoms with Crippen LogP contribution in [0, 0.1) is 13.8 Å². The van der Waals surface area contributed by atoms with Crippen LogP contribution in [-0.4, -0.2) is 35.6 Å². The molecule has 1 aliphatic heterocycles. The molecule has 3 aromatic rings. The molecule has 0 atom stereocenters. The summed E-state index contributed by atoms with van der Waals surface area (Å²) in [4.78, 5) is 24.5. The molecule has 27 heavy (non-hydrogen) atoms. The van der Waals surface area contributed by atoms with Crippen molar-refractivity contribution in [2.24, 2.45) is 0 Å². The van der Waals surface area contributed by atoms with Crippen molar-refractivity contribution in [3.05, 3.63) is 41.2 Å². The number of carbonyl (C=O) groups excluding carboxylic acids is 1. The van der Waals surface area contributed by atoms with E-state index in [1.807, 2.05) is 19.9 Å². The smallest absolute Gasteiger partial charge is 0.341 e. The molecular formula is C22H25N3O2. The van der Waals surface area contributed by atoms with Crippen molar-refractivity contribution < 1.29 is 9.53 Å². The lowest BCUT2D eigenvalue weighted by atomic mass is 10.0. The van der Waals surface area contributed by atoms with Crippen molar-refractivity contribution in [2.45, 2.75) is 40.0 Å². The number of hydrogen-bond acceptors (Lipinski definition) is 5. The molecular weight excluding hydrogens is 338 g/mol. The number of rotatable bonds is 3. The summed E-state index contributed by atoms with van der Waals surface area (Å²) in [7, 11) is 0. The van der Waals surface area contributed by atoms with Crippen LogP contribution in [-0.2, 0) is 4.74 Å². The lowest BCUT2D eigenvalue weighted by Crippen LogP contribution is -2.31. The second-order valence-electron chi connectivity index (χ2n) is 7.23. The first-order chi connectivity index (χ1) is 13.1. The number of anilines is 1.